The van der Waals surface area contributed by atoms with E-state index < -0.39 is 18.7 Å². The number of aromatic carboxylic acids is 1. The van der Waals surface area contributed by atoms with Crippen molar-refractivity contribution >= 4 is 22.6 Å². The molecule has 0 aliphatic heterocycles. The van der Waals surface area contributed by atoms with Crippen LogP contribution < -0.4 is 5.32 Å². The number of anilines is 1. The SMILES string of the molecule is O=C(O)c1n[nH]c2cc(NCC(F)(F)F)ccc12. The Balaban J connectivity index is 2.26. The van der Waals surface area contributed by atoms with Crippen molar-refractivity contribution < 1.29 is 23.1 Å². The van der Waals surface area contributed by atoms with E-state index in [4.69, 9.17) is 5.11 Å². The lowest BCUT2D eigenvalue weighted by Gasteiger charge is -2.09. The molecule has 0 unspecified atom stereocenters. The minimum Gasteiger partial charge on any atom is -0.476 e. The standard InChI is InChI=1S/C10H8F3N3O2/c11-10(12,13)4-14-5-1-2-6-7(3-5)15-16-8(6)9(17)18/h1-3,14H,4H2,(H,15,16)(H,17,18). The topological polar surface area (TPSA) is 78.0 Å². The lowest BCUT2D eigenvalue weighted by molar-refractivity contribution is -0.115. The second-order valence-electron chi connectivity index (χ2n) is 3.61. The molecule has 18 heavy (non-hydrogen) atoms. The van der Waals surface area contributed by atoms with E-state index in [1.807, 2.05) is 0 Å². The molecule has 0 aliphatic rings. The van der Waals surface area contributed by atoms with Crippen LogP contribution in [0.2, 0.25) is 0 Å². The van der Waals surface area contributed by atoms with E-state index in [0.29, 0.717) is 10.9 Å². The molecule has 0 saturated heterocycles. The van der Waals surface area contributed by atoms with Gasteiger partial charge in [0.25, 0.3) is 0 Å². The van der Waals surface area contributed by atoms with E-state index in [0.717, 1.165) is 0 Å². The van der Waals surface area contributed by atoms with Crippen LogP contribution in [0.5, 0.6) is 0 Å². The van der Waals surface area contributed by atoms with Crippen molar-refractivity contribution in [2.75, 3.05) is 11.9 Å². The van der Waals surface area contributed by atoms with Crippen LogP contribution in [-0.2, 0) is 0 Å². The van der Waals surface area contributed by atoms with Crippen molar-refractivity contribution in [2.24, 2.45) is 0 Å². The number of H-pyrrole nitrogens is 1. The van der Waals surface area contributed by atoms with E-state index in [1.165, 1.54) is 18.2 Å². The Hall–Kier alpha value is -2.25. The van der Waals surface area contributed by atoms with Crippen molar-refractivity contribution in [3.05, 3.63) is 23.9 Å². The van der Waals surface area contributed by atoms with Gasteiger partial charge in [0.05, 0.1) is 5.52 Å². The predicted molar refractivity (Wildman–Crippen MR) is 57.6 cm³/mol. The summed E-state index contributed by atoms with van der Waals surface area (Å²) in [6, 6.07) is 4.15. The van der Waals surface area contributed by atoms with E-state index in [1.54, 1.807) is 0 Å². The summed E-state index contributed by atoms with van der Waals surface area (Å²) < 4.78 is 36.0. The second-order valence-corrected chi connectivity index (χ2v) is 3.61. The molecule has 8 heteroatoms. The van der Waals surface area contributed by atoms with Gasteiger partial charge in [-0.25, -0.2) is 4.79 Å². The van der Waals surface area contributed by atoms with Gasteiger partial charge in [0.1, 0.15) is 6.54 Å². The number of fused-ring (bicyclic) bond motifs is 1. The Labute approximate surface area is 98.6 Å². The first-order chi connectivity index (χ1) is 8.37. The van der Waals surface area contributed by atoms with Crippen molar-refractivity contribution in [1.82, 2.24) is 10.2 Å². The molecule has 0 fully saturated rings. The van der Waals surface area contributed by atoms with Crippen LogP contribution in [0.3, 0.4) is 0 Å². The van der Waals surface area contributed by atoms with Crippen LogP contribution in [0.15, 0.2) is 18.2 Å². The van der Waals surface area contributed by atoms with Gasteiger partial charge in [0, 0.05) is 11.1 Å². The Morgan fingerprint density at radius 1 is 1.44 bits per heavy atom. The lowest BCUT2D eigenvalue weighted by atomic mass is 10.2. The quantitative estimate of drug-likeness (QED) is 0.789. The van der Waals surface area contributed by atoms with E-state index in [9.17, 15) is 18.0 Å². The molecule has 1 aromatic heterocycles. The summed E-state index contributed by atoms with van der Waals surface area (Å²) in [5.74, 6) is -1.20. The van der Waals surface area contributed by atoms with Crippen LogP contribution in [-0.4, -0.2) is 34.0 Å². The minimum absolute atomic E-state index is 0.160. The molecule has 1 aromatic carbocycles. The van der Waals surface area contributed by atoms with Crippen LogP contribution in [0.25, 0.3) is 10.9 Å². The fourth-order valence-corrected chi connectivity index (χ4v) is 1.49. The molecule has 3 N–H and O–H groups in total. The molecule has 2 aromatic rings. The van der Waals surface area contributed by atoms with Gasteiger partial charge in [0.15, 0.2) is 5.69 Å². The monoisotopic (exact) mass is 259 g/mol. The zero-order valence-electron chi connectivity index (χ0n) is 8.88. The fourth-order valence-electron chi connectivity index (χ4n) is 1.49. The minimum atomic E-state index is -4.31. The van der Waals surface area contributed by atoms with Crippen molar-refractivity contribution in [1.29, 1.82) is 0 Å². The number of nitrogens with zero attached hydrogens (tertiary/aromatic N) is 1. The largest absolute Gasteiger partial charge is 0.476 e. The second kappa shape index (κ2) is 4.21. The molecule has 0 aliphatic carbocycles. The maximum Gasteiger partial charge on any atom is 0.405 e. The summed E-state index contributed by atoms with van der Waals surface area (Å²) in [5, 5.41) is 17.4. The van der Waals surface area contributed by atoms with Crippen LogP contribution in [0.1, 0.15) is 10.5 Å². The molecule has 0 amide bonds. The number of halogens is 3. The Morgan fingerprint density at radius 2 is 2.17 bits per heavy atom. The van der Waals surface area contributed by atoms with Crippen molar-refractivity contribution in [3.63, 3.8) is 0 Å². The molecule has 0 spiro atoms. The molecular weight excluding hydrogens is 251 g/mol. The first kappa shape index (κ1) is 12.2. The number of carbonyl (C=O) groups is 1. The third-order valence-electron chi connectivity index (χ3n) is 2.26. The highest BCUT2D eigenvalue weighted by atomic mass is 19.4. The van der Waals surface area contributed by atoms with Gasteiger partial charge in [-0.15, -0.1) is 0 Å². The number of carboxylic acid groups (broad SMARTS) is 1. The summed E-state index contributed by atoms with van der Waals surface area (Å²) in [6.07, 6.45) is -4.31. The number of aromatic nitrogens is 2. The fraction of sp³-hybridized carbons (Fsp3) is 0.200. The highest BCUT2D eigenvalue weighted by molar-refractivity contribution is 6.01. The molecule has 5 nitrogen and oxygen atoms in total. The molecule has 96 valence electrons. The summed E-state index contributed by atoms with van der Waals surface area (Å²) >= 11 is 0. The summed E-state index contributed by atoms with van der Waals surface area (Å²) in [7, 11) is 0. The van der Waals surface area contributed by atoms with Gasteiger partial charge in [-0.1, -0.05) is 0 Å². The predicted octanol–water partition coefficient (Wildman–Crippen LogP) is 2.24. The lowest BCUT2D eigenvalue weighted by Crippen LogP contribution is -2.21. The molecule has 1 heterocycles. The molecule has 0 atom stereocenters. The van der Waals surface area contributed by atoms with Crippen LogP contribution in [0, 0.1) is 0 Å². The number of carboxylic acids is 1. The number of benzene rings is 1. The van der Waals surface area contributed by atoms with Gasteiger partial charge in [-0.3, -0.25) is 5.10 Å². The van der Waals surface area contributed by atoms with Crippen molar-refractivity contribution in [3.8, 4) is 0 Å². The third kappa shape index (κ3) is 2.53. The van der Waals surface area contributed by atoms with Crippen LogP contribution in [0.4, 0.5) is 18.9 Å². The number of aromatic amines is 1. The Kier molecular flexibility index (Phi) is 2.85. The van der Waals surface area contributed by atoms with Gasteiger partial charge in [-0.05, 0) is 18.2 Å². The zero-order valence-corrected chi connectivity index (χ0v) is 8.88. The molecular formula is C10H8F3N3O2. The van der Waals surface area contributed by atoms with E-state index in [2.05, 4.69) is 15.5 Å². The van der Waals surface area contributed by atoms with Gasteiger partial charge < -0.3 is 10.4 Å². The maximum absolute atomic E-state index is 12.0. The van der Waals surface area contributed by atoms with Gasteiger partial charge in [0.2, 0.25) is 0 Å². The molecule has 0 saturated carbocycles. The van der Waals surface area contributed by atoms with Gasteiger partial charge in [-0.2, -0.15) is 18.3 Å². The van der Waals surface area contributed by atoms with Crippen molar-refractivity contribution in [2.45, 2.75) is 6.18 Å². The zero-order chi connectivity index (χ0) is 13.3. The first-order valence-electron chi connectivity index (χ1n) is 4.89. The summed E-state index contributed by atoms with van der Waals surface area (Å²) in [4.78, 5) is 10.8. The number of alkyl halides is 3. The maximum atomic E-state index is 12.0. The average Bonchev–Trinajstić information content (AvgIpc) is 2.68. The Morgan fingerprint density at radius 3 is 2.78 bits per heavy atom. The molecule has 0 bridgehead atoms. The normalized spacial score (nSPS) is 11.7. The number of rotatable bonds is 3. The highest BCUT2D eigenvalue weighted by Crippen LogP contribution is 2.22. The first-order valence-corrected chi connectivity index (χ1v) is 4.89. The molecule has 2 rings (SSSR count). The van der Waals surface area contributed by atoms with E-state index in [-0.39, 0.29) is 11.4 Å². The average molecular weight is 259 g/mol. The number of hydrogen-bond donors (Lipinski definition) is 3. The molecule has 0 radical (unpaired) electrons. The Bertz CT molecular complexity index is 592. The van der Waals surface area contributed by atoms with Crippen LogP contribution >= 0.6 is 0 Å². The van der Waals surface area contributed by atoms with Gasteiger partial charge >= 0.3 is 12.1 Å². The number of nitrogens with one attached hydrogen (secondary N) is 2. The highest BCUT2D eigenvalue weighted by Gasteiger charge is 2.26. The van der Waals surface area contributed by atoms with E-state index >= 15 is 0 Å². The smallest absolute Gasteiger partial charge is 0.405 e. The number of hydrogen-bond acceptors (Lipinski definition) is 3. The third-order valence-corrected chi connectivity index (χ3v) is 2.26. The summed E-state index contributed by atoms with van der Waals surface area (Å²) in [6.45, 7) is -1.15. The summed E-state index contributed by atoms with van der Waals surface area (Å²) in [5.41, 5.74) is 0.437.